The Morgan fingerprint density at radius 3 is 2.55 bits per heavy atom. The molecule has 0 aromatic heterocycles. The summed E-state index contributed by atoms with van der Waals surface area (Å²) in [5, 5.41) is 0. The highest BCUT2D eigenvalue weighted by Gasteiger charge is 2.30. The third-order valence-corrected chi connectivity index (χ3v) is 2.98. The van der Waals surface area contributed by atoms with Crippen molar-refractivity contribution in [1.29, 1.82) is 0 Å². The fourth-order valence-corrected chi connectivity index (χ4v) is 1.69. The summed E-state index contributed by atoms with van der Waals surface area (Å²) in [5.74, 6) is -4.10. The first-order valence-corrected chi connectivity index (χ1v) is 7.08. The SMILES string of the molecule is CC(=O)COCCC(F)(F)COc1ccc(C(C)C)cc1F. The van der Waals surface area contributed by atoms with Gasteiger partial charge < -0.3 is 9.47 Å². The van der Waals surface area contributed by atoms with E-state index in [1.807, 2.05) is 13.8 Å². The molecule has 0 aliphatic carbocycles. The standard InChI is InChI=1S/C16H21F3O3/c1-11(2)13-4-5-15(14(17)8-13)22-10-16(18,19)6-7-21-9-12(3)20/h4-5,8,11H,6-7,9-10H2,1-3H3. The molecule has 0 spiro atoms. The Balaban J connectivity index is 2.48. The van der Waals surface area contributed by atoms with Crippen LogP contribution in [-0.2, 0) is 9.53 Å². The molecular weight excluding hydrogens is 297 g/mol. The minimum atomic E-state index is -3.15. The summed E-state index contributed by atoms with van der Waals surface area (Å²) in [6.45, 7) is 3.74. The van der Waals surface area contributed by atoms with Crippen LogP contribution in [0.5, 0.6) is 5.75 Å². The fourth-order valence-electron chi connectivity index (χ4n) is 1.69. The third-order valence-electron chi connectivity index (χ3n) is 2.98. The van der Waals surface area contributed by atoms with Gasteiger partial charge in [-0.15, -0.1) is 0 Å². The summed E-state index contributed by atoms with van der Waals surface area (Å²) in [5.41, 5.74) is 0.772. The van der Waals surface area contributed by atoms with Crippen molar-refractivity contribution in [3.63, 3.8) is 0 Å². The molecule has 0 radical (unpaired) electrons. The molecule has 0 heterocycles. The molecule has 0 saturated heterocycles. The number of Topliss-reactive ketones (excluding diaryl/α,β-unsaturated/α-hetero) is 1. The van der Waals surface area contributed by atoms with E-state index in [4.69, 9.17) is 9.47 Å². The molecule has 0 unspecified atom stereocenters. The molecule has 0 N–H and O–H groups in total. The molecule has 22 heavy (non-hydrogen) atoms. The lowest BCUT2D eigenvalue weighted by atomic mass is 10.0. The van der Waals surface area contributed by atoms with E-state index in [9.17, 15) is 18.0 Å². The highest BCUT2D eigenvalue weighted by molar-refractivity contribution is 5.76. The van der Waals surface area contributed by atoms with Crippen LogP contribution in [0.4, 0.5) is 13.2 Å². The van der Waals surface area contributed by atoms with Crippen molar-refractivity contribution < 1.29 is 27.4 Å². The maximum Gasteiger partial charge on any atom is 0.283 e. The van der Waals surface area contributed by atoms with Gasteiger partial charge in [-0.25, -0.2) is 13.2 Å². The minimum Gasteiger partial charge on any atom is -0.484 e. The van der Waals surface area contributed by atoms with E-state index in [0.717, 1.165) is 5.56 Å². The first-order chi connectivity index (χ1) is 10.2. The lowest BCUT2D eigenvalue weighted by Gasteiger charge is -2.17. The highest BCUT2D eigenvalue weighted by atomic mass is 19.3. The van der Waals surface area contributed by atoms with Gasteiger partial charge in [0, 0.05) is 6.42 Å². The molecule has 1 rings (SSSR count). The Morgan fingerprint density at radius 2 is 2.00 bits per heavy atom. The number of carbonyl (C=O) groups is 1. The summed E-state index contributed by atoms with van der Waals surface area (Å²) in [6.07, 6.45) is -0.591. The molecule has 6 heteroatoms. The third kappa shape index (κ3) is 6.47. The van der Waals surface area contributed by atoms with Crippen molar-refractivity contribution in [2.45, 2.75) is 39.0 Å². The van der Waals surface area contributed by atoms with Crippen LogP contribution in [0, 0.1) is 5.82 Å². The Hall–Kier alpha value is -1.56. The van der Waals surface area contributed by atoms with Gasteiger partial charge in [0.05, 0.1) is 6.61 Å². The van der Waals surface area contributed by atoms with Crippen LogP contribution in [0.3, 0.4) is 0 Å². The zero-order chi connectivity index (χ0) is 16.8. The van der Waals surface area contributed by atoms with Gasteiger partial charge in [-0.05, 0) is 30.5 Å². The van der Waals surface area contributed by atoms with E-state index in [1.54, 1.807) is 6.07 Å². The van der Waals surface area contributed by atoms with Gasteiger partial charge in [0.1, 0.15) is 6.61 Å². The molecule has 0 aliphatic rings. The Morgan fingerprint density at radius 1 is 1.32 bits per heavy atom. The molecule has 1 aromatic rings. The van der Waals surface area contributed by atoms with Crippen molar-refractivity contribution in [2.24, 2.45) is 0 Å². The van der Waals surface area contributed by atoms with Crippen LogP contribution in [-0.4, -0.2) is 31.5 Å². The van der Waals surface area contributed by atoms with Crippen LogP contribution in [0.2, 0.25) is 0 Å². The number of ketones is 1. The molecule has 0 aliphatic heterocycles. The van der Waals surface area contributed by atoms with Crippen LogP contribution in [0.15, 0.2) is 18.2 Å². The summed E-state index contributed by atoms with van der Waals surface area (Å²) >= 11 is 0. The molecule has 0 saturated carbocycles. The summed E-state index contributed by atoms with van der Waals surface area (Å²) in [6, 6.07) is 4.29. The van der Waals surface area contributed by atoms with E-state index in [1.165, 1.54) is 19.1 Å². The Kier molecular flexibility index (Phi) is 6.87. The van der Waals surface area contributed by atoms with E-state index in [-0.39, 0.29) is 30.7 Å². The fraction of sp³-hybridized carbons (Fsp3) is 0.562. The zero-order valence-corrected chi connectivity index (χ0v) is 13.0. The van der Waals surface area contributed by atoms with Gasteiger partial charge in [0.25, 0.3) is 5.92 Å². The molecule has 124 valence electrons. The van der Waals surface area contributed by atoms with E-state index < -0.39 is 24.8 Å². The van der Waals surface area contributed by atoms with Gasteiger partial charge in [-0.2, -0.15) is 0 Å². The average Bonchev–Trinajstić information content (AvgIpc) is 2.42. The summed E-state index contributed by atoms with van der Waals surface area (Å²) < 4.78 is 50.5. The van der Waals surface area contributed by atoms with Gasteiger partial charge in [0.15, 0.2) is 24.0 Å². The second kappa shape index (κ2) is 8.17. The number of benzene rings is 1. The van der Waals surface area contributed by atoms with E-state index >= 15 is 0 Å². The Labute approximate surface area is 128 Å². The topological polar surface area (TPSA) is 35.5 Å². The molecule has 0 bridgehead atoms. The normalized spacial score (nSPS) is 11.8. The predicted molar refractivity (Wildman–Crippen MR) is 77.0 cm³/mol. The number of hydrogen-bond donors (Lipinski definition) is 0. The summed E-state index contributed by atoms with van der Waals surface area (Å²) in [7, 11) is 0. The number of ether oxygens (including phenoxy) is 2. The monoisotopic (exact) mass is 318 g/mol. The smallest absolute Gasteiger partial charge is 0.283 e. The van der Waals surface area contributed by atoms with Crippen LogP contribution >= 0.6 is 0 Å². The summed E-state index contributed by atoms with van der Waals surface area (Å²) in [4.78, 5) is 10.6. The Bertz CT molecular complexity index is 501. The number of halogens is 3. The number of alkyl halides is 2. The van der Waals surface area contributed by atoms with Crippen molar-refractivity contribution in [2.75, 3.05) is 19.8 Å². The first-order valence-electron chi connectivity index (χ1n) is 7.08. The predicted octanol–water partition coefficient (Wildman–Crippen LogP) is 3.96. The van der Waals surface area contributed by atoms with Crippen LogP contribution in [0.25, 0.3) is 0 Å². The molecule has 3 nitrogen and oxygen atoms in total. The molecule has 0 fully saturated rings. The number of rotatable bonds is 9. The van der Waals surface area contributed by atoms with E-state index in [0.29, 0.717) is 0 Å². The lowest BCUT2D eigenvalue weighted by Crippen LogP contribution is -2.28. The molecule has 1 aromatic carbocycles. The van der Waals surface area contributed by atoms with Gasteiger partial charge in [-0.1, -0.05) is 19.9 Å². The highest BCUT2D eigenvalue weighted by Crippen LogP contribution is 2.25. The number of carbonyl (C=O) groups excluding carboxylic acids is 1. The van der Waals surface area contributed by atoms with Gasteiger partial charge >= 0.3 is 0 Å². The van der Waals surface area contributed by atoms with Crippen molar-refractivity contribution in [1.82, 2.24) is 0 Å². The zero-order valence-electron chi connectivity index (χ0n) is 13.0. The first kappa shape index (κ1) is 18.5. The van der Waals surface area contributed by atoms with Crippen LogP contribution < -0.4 is 4.74 Å². The lowest BCUT2D eigenvalue weighted by molar-refractivity contribution is -0.123. The van der Waals surface area contributed by atoms with Crippen molar-refractivity contribution >= 4 is 5.78 Å². The second-order valence-corrected chi connectivity index (χ2v) is 5.49. The quantitative estimate of drug-likeness (QED) is 0.647. The molecule has 0 atom stereocenters. The van der Waals surface area contributed by atoms with Crippen molar-refractivity contribution in [3.8, 4) is 5.75 Å². The van der Waals surface area contributed by atoms with Crippen LogP contribution in [0.1, 0.15) is 38.7 Å². The van der Waals surface area contributed by atoms with Gasteiger partial charge in [-0.3, -0.25) is 4.79 Å². The maximum absolute atomic E-state index is 13.7. The van der Waals surface area contributed by atoms with Gasteiger partial charge in [0.2, 0.25) is 0 Å². The average molecular weight is 318 g/mol. The minimum absolute atomic E-state index is 0.142. The second-order valence-electron chi connectivity index (χ2n) is 5.49. The molecule has 0 amide bonds. The molecular formula is C16H21F3O3. The number of hydrogen-bond acceptors (Lipinski definition) is 3. The maximum atomic E-state index is 13.7. The van der Waals surface area contributed by atoms with E-state index in [2.05, 4.69) is 0 Å². The largest absolute Gasteiger partial charge is 0.484 e. The van der Waals surface area contributed by atoms with Crippen molar-refractivity contribution in [3.05, 3.63) is 29.6 Å².